The van der Waals surface area contributed by atoms with Crippen LogP contribution in [0.25, 0.3) is 11.1 Å². The first-order valence-electron chi connectivity index (χ1n) is 13.1. The maximum Gasteiger partial charge on any atom is 0.305 e. The molecule has 0 saturated carbocycles. The predicted octanol–water partition coefficient (Wildman–Crippen LogP) is 5.87. The van der Waals surface area contributed by atoms with Crippen LogP contribution in [0.5, 0.6) is 5.75 Å². The molecule has 0 radical (unpaired) electrons. The lowest BCUT2D eigenvalue weighted by molar-refractivity contribution is -0.123. The number of furan rings is 1. The number of fused-ring (bicyclic) bond motifs is 1. The Morgan fingerprint density at radius 2 is 1.64 bits per heavy atom. The Kier molecular flexibility index (Phi) is 8.90. The molecular formula is C31H26Cl2N4O5. The van der Waals surface area contributed by atoms with Gasteiger partial charge in [0.25, 0.3) is 11.8 Å². The minimum Gasteiger partial charge on any atom is -0.482 e. The van der Waals surface area contributed by atoms with Crippen molar-refractivity contribution in [1.29, 1.82) is 0 Å². The lowest BCUT2D eigenvalue weighted by Crippen LogP contribution is -2.43. The molecule has 1 aliphatic rings. The Labute approximate surface area is 251 Å². The summed E-state index contributed by atoms with van der Waals surface area (Å²) in [5.74, 6) is -0.680. The van der Waals surface area contributed by atoms with E-state index in [9.17, 15) is 14.4 Å². The molecule has 9 nitrogen and oxygen atoms in total. The molecule has 3 N–H and O–H groups in total. The van der Waals surface area contributed by atoms with Crippen LogP contribution in [0, 0.1) is 6.92 Å². The van der Waals surface area contributed by atoms with Gasteiger partial charge >= 0.3 is 5.91 Å². The summed E-state index contributed by atoms with van der Waals surface area (Å²) in [4.78, 5) is 37.8. The summed E-state index contributed by atoms with van der Waals surface area (Å²) < 4.78 is 11.2. The van der Waals surface area contributed by atoms with Crippen molar-refractivity contribution in [2.75, 3.05) is 6.61 Å². The van der Waals surface area contributed by atoms with Gasteiger partial charge in [-0.1, -0.05) is 65.7 Å². The largest absolute Gasteiger partial charge is 0.482 e. The summed E-state index contributed by atoms with van der Waals surface area (Å²) in [6.07, 6.45) is 1.95. The number of hydrazine groups is 1. The monoisotopic (exact) mass is 604 g/mol. The van der Waals surface area contributed by atoms with E-state index in [1.807, 2.05) is 42.5 Å². The van der Waals surface area contributed by atoms with Gasteiger partial charge in [-0.25, -0.2) is 5.43 Å². The van der Waals surface area contributed by atoms with E-state index in [0.29, 0.717) is 46.0 Å². The van der Waals surface area contributed by atoms with Crippen molar-refractivity contribution in [2.45, 2.75) is 26.2 Å². The number of halogens is 2. The quantitative estimate of drug-likeness (QED) is 0.228. The van der Waals surface area contributed by atoms with Crippen molar-refractivity contribution in [1.82, 2.24) is 16.3 Å². The van der Waals surface area contributed by atoms with Crippen molar-refractivity contribution < 1.29 is 23.5 Å². The molecule has 0 fully saturated rings. The van der Waals surface area contributed by atoms with Crippen LogP contribution in [0.15, 0.2) is 82.3 Å². The molecule has 1 aromatic heterocycles. The molecule has 0 unspecified atom stereocenters. The topological polar surface area (TPSA) is 122 Å². The van der Waals surface area contributed by atoms with Gasteiger partial charge in [-0.15, -0.1) is 0 Å². The molecule has 0 aliphatic heterocycles. The third kappa shape index (κ3) is 6.64. The van der Waals surface area contributed by atoms with Gasteiger partial charge < -0.3 is 9.15 Å². The summed E-state index contributed by atoms with van der Waals surface area (Å²) in [5.41, 5.74) is 11.6. The number of rotatable bonds is 7. The Morgan fingerprint density at radius 3 is 2.38 bits per heavy atom. The average Bonchev–Trinajstić information content (AvgIpc) is 3.35. The molecule has 5 rings (SSSR count). The van der Waals surface area contributed by atoms with Crippen molar-refractivity contribution in [3.63, 3.8) is 0 Å². The lowest BCUT2D eigenvalue weighted by Gasteiger charge is -2.13. The number of amides is 3. The number of carbonyl (C=O) groups is 3. The van der Waals surface area contributed by atoms with Crippen LogP contribution < -0.4 is 21.0 Å². The first kappa shape index (κ1) is 28.9. The van der Waals surface area contributed by atoms with Crippen LogP contribution >= 0.6 is 23.2 Å². The van der Waals surface area contributed by atoms with E-state index in [1.54, 1.807) is 25.1 Å². The summed E-state index contributed by atoms with van der Waals surface area (Å²) in [6, 6.07) is 21.8. The van der Waals surface area contributed by atoms with Gasteiger partial charge in [0.2, 0.25) is 0 Å². The minimum atomic E-state index is -0.637. The lowest BCUT2D eigenvalue weighted by atomic mass is 9.93. The molecular weight excluding hydrogens is 579 g/mol. The van der Waals surface area contributed by atoms with Crippen molar-refractivity contribution in [3.05, 3.63) is 111 Å². The van der Waals surface area contributed by atoms with E-state index in [4.69, 9.17) is 32.4 Å². The Bertz CT molecular complexity index is 1670. The maximum atomic E-state index is 12.8. The highest BCUT2D eigenvalue weighted by Gasteiger charge is 2.28. The molecule has 11 heteroatoms. The van der Waals surface area contributed by atoms with E-state index in [-0.39, 0.29) is 29.0 Å². The zero-order valence-corrected chi connectivity index (χ0v) is 24.0. The summed E-state index contributed by atoms with van der Waals surface area (Å²) in [7, 11) is 0. The van der Waals surface area contributed by atoms with Crippen LogP contribution in [-0.2, 0) is 11.2 Å². The smallest absolute Gasteiger partial charge is 0.305 e. The van der Waals surface area contributed by atoms with Crippen LogP contribution in [0.2, 0.25) is 10.0 Å². The molecule has 0 bridgehead atoms. The summed E-state index contributed by atoms with van der Waals surface area (Å²) >= 11 is 11.9. The van der Waals surface area contributed by atoms with Crippen molar-refractivity contribution in [3.8, 4) is 16.9 Å². The van der Waals surface area contributed by atoms with Gasteiger partial charge in [0, 0.05) is 28.1 Å². The van der Waals surface area contributed by atoms with Gasteiger partial charge in [-0.05, 0) is 61.2 Å². The molecule has 0 saturated heterocycles. The second kappa shape index (κ2) is 12.9. The number of nitrogens with one attached hydrogen (secondary N) is 3. The third-order valence-electron chi connectivity index (χ3n) is 6.65. The normalized spacial score (nSPS) is 13.3. The SMILES string of the molecule is Cc1c(C(=O)NNC(=O)COc2ccc(Cl)cc2Cl)oc2c1/C(=N/NC(=O)c1ccc(-c3ccccc3)cc1)CCC2. The Balaban J connectivity index is 1.20. The highest BCUT2D eigenvalue weighted by atomic mass is 35.5. The zero-order valence-electron chi connectivity index (χ0n) is 22.5. The molecule has 3 amide bonds. The number of benzene rings is 3. The van der Waals surface area contributed by atoms with Gasteiger partial charge in [0.1, 0.15) is 11.5 Å². The molecule has 1 aliphatic carbocycles. The minimum absolute atomic E-state index is 0.0411. The van der Waals surface area contributed by atoms with Crippen LogP contribution in [-0.4, -0.2) is 30.0 Å². The van der Waals surface area contributed by atoms with E-state index in [0.717, 1.165) is 17.5 Å². The number of nitrogens with zero attached hydrogens (tertiary/aromatic N) is 1. The number of aryl methyl sites for hydroxylation is 1. The van der Waals surface area contributed by atoms with Crippen LogP contribution in [0.3, 0.4) is 0 Å². The standard InChI is InChI=1S/C31H26Cl2N4O5/c1-18-28-24(34-36-30(39)21-12-10-20(11-13-21)19-6-3-2-4-7-19)8-5-9-26(28)42-29(18)31(40)37-35-27(38)17-41-25-15-14-22(32)16-23(25)33/h2-4,6-7,10-16H,5,8-9,17H2,1H3,(H,35,38)(H,36,39)(H,37,40)/b34-24+. The van der Waals surface area contributed by atoms with E-state index in [2.05, 4.69) is 21.4 Å². The second-order valence-electron chi connectivity index (χ2n) is 9.52. The maximum absolute atomic E-state index is 12.8. The first-order valence-corrected chi connectivity index (χ1v) is 13.9. The molecule has 42 heavy (non-hydrogen) atoms. The average molecular weight is 605 g/mol. The molecule has 3 aromatic carbocycles. The highest BCUT2D eigenvalue weighted by molar-refractivity contribution is 6.35. The Morgan fingerprint density at radius 1 is 0.905 bits per heavy atom. The third-order valence-corrected chi connectivity index (χ3v) is 7.18. The highest BCUT2D eigenvalue weighted by Crippen LogP contribution is 2.30. The molecule has 0 atom stereocenters. The number of hydrogen-bond acceptors (Lipinski definition) is 6. The Hall–Kier alpha value is -4.60. The number of hydrogen-bond donors (Lipinski definition) is 3. The van der Waals surface area contributed by atoms with Crippen molar-refractivity contribution >= 4 is 46.6 Å². The number of ether oxygens (including phenoxy) is 1. The van der Waals surface area contributed by atoms with Gasteiger partial charge in [0.05, 0.1) is 10.7 Å². The fourth-order valence-electron chi connectivity index (χ4n) is 4.58. The van der Waals surface area contributed by atoms with E-state index < -0.39 is 11.8 Å². The van der Waals surface area contributed by atoms with Crippen LogP contribution in [0.1, 0.15) is 50.6 Å². The zero-order chi connectivity index (χ0) is 29.6. The number of carbonyl (C=O) groups excluding carboxylic acids is 3. The summed E-state index contributed by atoms with van der Waals surface area (Å²) in [6.45, 7) is 1.34. The van der Waals surface area contributed by atoms with E-state index in [1.165, 1.54) is 12.1 Å². The predicted molar refractivity (Wildman–Crippen MR) is 160 cm³/mol. The van der Waals surface area contributed by atoms with Gasteiger partial charge in [-0.3, -0.25) is 25.2 Å². The van der Waals surface area contributed by atoms with Crippen molar-refractivity contribution in [2.24, 2.45) is 5.10 Å². The molecule has 4 aromatic rings. The second-order valence-corrected chi connectivity index (χ2v) is 10.4. The number of hydrazone groups is 1. The fraction of sp³-hybridized carbons (Fsp3) is 0.161. The molecule has 1 heterocycles. The summed E-state index contributed by atoms with van der Waals surface area (Å²) in [5, 5.41) is 5.07. The first-order chi connectivity index (χ1) is 20.3. The fourth-order valence-corrected chi connectivity index (χ4v) is 5.04. The molecule has 0 spiro atoms. The molecule has 214 valence electrons. The van der Waals surface area contributed by atoms with Gasteiger partial charge in [-0.2, -0.15) is 5.10 Å². The van der Waals surface area contributed by atoms with Gasteiger partial charge in [0.15, 0.2) is 12.4 Å². The van der Waals surface area contributed by atoms with Crippen LogP contribution in [0.4, 0.5) is 0 Å². The van der Waals surface area contributed by atoms with E-state index >= 15 is 0 Å².